The zero-order valence-corrected chi connectivity index (χ0v) is 24.3. The van der Waals surface area contributed by atoms with Crippen LogP contribution in [0.2, 0.25) is 5.15 Å². The number of amides is 2. The molecule has 0 radical (unpaired) electrons. The van der Waals surface area contributed by atoms with Crippen molar-refractivity contribution in [2.45, 2.75) is 31.7 Å². The number of rotatable bonds is 6. The molecule has 0 bridgehead atoms. The van der Waals surface area contributed by atoms with Gasteiger partial charge in [-0.15, -0.1) is 11.3 Å². The van der Waals surface area contributed by atoms with Crippen LogP contribution in [0.25, 0.3) is 16.3 Å². The summed E-state index contributed by atoms with van der Waals surface area (Å²) >= 11 is 7.76. The molecule has 1 fully saturated rings. The van der Waals surface area contributed by atoms with E-state index in [1.807, 2.05) is 23.1 Å². The number of nitrogens with zero attached hydrogens (tertiary/aromatic N) is 4. The van der Waals surface area contributed by atoms with E-state index in [1.165, 1.54) is 10.3 Å². The zero-order chi connectivity index (χ0) is 27.7. The van der Waals surface area contributed by atoms with Crippen molar-refractivity contribution >= 4 is 50.9 Å². The Bertz CT molecular complexity index is 1560. The number of pyridine rings is 1. The van der Waals surface area contributed by atoms with Gasteiger partial charge in [0.1, 0.15) is 10.9 Å². The molecule has 9 heteroatoms. The minimum absolute atomic E-state index is 0.0952. The normalized spacial score (nSPS) is 16.6. The molecule has 0 aliphatic carbocycles. The maximum absolute atomic E-state index is 13.5. The second-order valence-electron chi connectivity index (χ2n) is 10.5. The lowest BCUT2D eigenvalue weighted by Crippen LogP contribution is -2.47. The van der Waals surface area contributed by atoms with Crippen molar-refractivity contribution in [3.05, 3.63) is 87.7 Å². The summed E-state index contributed by atoms with van der Waals surface area (Å²) in [7, 11) is 1.68. The number of hydrogen-bond donors (Lipinski definition) is 1. The summed E-state index contributed by atoms with van der Waals surface area (Å²) in [6.45, 7) is 5.95. The SMILES string of the molecule is COc1ccc(/C=C/CN2CCC3(CC2)CN(C(=O)NCc2ccnc(Cl)c2)c2ccc4sc(C)nc4c23)cc1. The number of anilines is 1. The van der Waals surface area contributed by atoms with E-state index in [2.05, 4.69) is 58.5 Å². The number of methoxy groups -OCH3 is 1. The van der Waals surface area contributed by atoms with E-state index in [1.54, 1.807) is 30.7 Å². The summed E-state index contributed by atoms with van der Waals surface area (Å²) in [5.41, 5.74) is 5.26. The Morgan fingerprint density at radius 3 is 2.73 bits per heavy atom. The highest BCUT2D eigenvalue weighted by Crippen LogP contribution is 2.50. The molecule has 2 aromatic heterocycles. The topological polar surface area (TPSA) is 70.6 Å². The molecule has 4 aromatic rings. The number of piperidine rings is 1. The van der Waals surface area contributed by atoms with E-state index in [0.717, 1.165) is 65.6 Å². The molecule has 0 unspecified atom stereocenters. The quantitative estimate of drug-likeness (QED) is 0.269. The summed E-state index contributed by atoms with van der Waals surface area (Å²) in [5, 5.41) is 4.57. The maximum atomic E-state index is 13.5. The van der Waals surface area contributed by atoms with Crippen molar-refractivity contribution in [2.24, 2.45) is 0 Å². The van der Waals surface area contributed by atoms with Crippen LogP contribution in [0.5, 0.6) is 5.75 Å². The fourth-order valence-corrected chi connectivity index (χ4v) is 6.97. The van der Waals surface area contributed by atoms with Crippen LogP contribution in [-0.4, -0.2) is 54.2 Å². The Morgan fingerprint density at radius 2 is 1.98 bits per heavy atom. The molecule has 40 heavy (non-hydrogen) atoms. The van der Waals surface area contributed by atoms with Gasteiger partial charge < -0.3 is 10.1 Å². The lowest BCUT2D eigenvalue weighted by molar-refractivity contribution is 0.180. The Morgan fingerprint density at radius 1 is 1.18 bits per heavy atom. The average Bonchev–Trinajstić information content (AvgIpc) is 3.50. The zero-order valence-electron chi connectivity index (χ0n) is 22.7. The number of fused-ring (bicyclic) bond motifs is 4. The molecule has 206 valence electrons. The fourth-order valence-electron chi connectivity index (χ4n) is 5.94. The van der Waals surface area contributed by atoms with Crippen LogP contribution in [0, 0.1) is 6.92 Å². The number of aryl methyl sites for hydroxylation is 1. The third-order valence-electron chi connectivity index (χ3n) is 8.01. The highest BCUT2D eigenvalue weighted by molar-refractivity contribution is 7.18. The van der Waals surface area contributed by atoms with Gasteiger partial charge in [-0.3, -0.25) is 9.80 Å². The number of urea groups is 1. The largest absolute Gasteiger partial charge is 0.497 e. The predicted molar refractivity (Wildman–Crippen MR) is 163 cm³/mol. The molecule has 1 N–H and O–H groups in total. The number of carbonyl (C=O) groups is 1. The van der Waals surface area contributed by atoms with Gasteiger partial charge in [0.05, 0.1) is 28.0 Å². The molecule has 1 saturated heterocycles. The second kappa shape index (κ2) is 11.2. The van der Waals surface area contributed by atoms with Crippen molar-refractivity contribution < 1.29 is 9.53 Å². The summed E-state index contributed by atoms with van der Waals surface area (Å²) in [6.07, 6.45) is 8.02. The summed E-state index contributed by atoms with van der Waals surface area (Å²) in [4.78, 5) is 26.9. The van der Waals surface area contributed by atoms with Gasteiger partial charge in [0.15, 0.2) is 0 Å². The van der Waals surface area contributed by atoms with Crippen LogP contribution in [0.4, 0.5) is 10.5 Å². The molecule has 1 spiro atoms. The molecule has 2 aliphatic heterocycles. The Labute approximate surface area is 243 Å². The van der Waals surface area contributed by atoms with E-state index in [9.17, 15) is 4.79 Å². The van der Waals surface area contributed by atoms with E-state index in [0.29, 0.717) is 18.2 Å². The van der Waals surface area contributed by atoms with Crippen molar-refractivity contribution in [2.75, 3.05) is 38.2 Å². The standard InChI is InChI=1S/C31H32ClN5O2S/c1-21-35-29-26(40-21)10-9-25-28(29)31(20-37(25)30(38)34-19-23-11-14-33-27(32)18-23)12-16-36(17-13-31)15-3-4-22-5-7-24(39-2)8-6-22/h3-11,14,18H,12-13,15-17,19-20H2,1-2H3,(H,34,38)/b4-3+. The van der Waals surface area contributed by atoms with Crippen LogP contribution in [0.1, 0.15) is 34.5 Å². The van der Waals surface area contributed by atoms with Gasteiger partial charge in [0.25, 0.3) is 0 Å². The molecular weight excluding hydrogens is 542 g/mol. The highest BCUT2D eigenvalue weighted by atomic mass is 35.5. The Balaban J connectivity index is 1.19. The highest BCUT2D eigenvalue weighted by Gasteiger charge is 2.48. The van der Waals surface area contributed by atoms with Crippen molar-refractivity contribution in [3.8, 4) is 5.75 Å². The lowest BCUT2D eigenvalue weighted by atomic mass is 9.74. The summed E-state index contributed by atoms with van der Waals surface area (Å²) < 4.78 is 6.45. The third-order valence-corrected chi connectivity index (χ3v) is 9.15. The number of hydrogen-bond acceptors (Lipinski definition) is 6. The number of aromatic nitrogens is 2. The Kier molecular flexibility index (Phi) is 7.49. The molecular formula is C31H32ClN5O2S. The summed E-state index contributed by atoms with van der Waals surface area (Å²) in [6, 6.07) is 15.9. The molecule has 6 rings (SSSR count). The average molecular weight is 574 g/mol. The third kappa shape index (κ3) is 5.31. The number of thiazole rings is 1. The number of ether oxygens (including phenoxy) is 1. The molecule has 2 aromatic carbocycles. The molecule has 4 heterocycles. The van der Waals surface area contributed by atoms with Gasteiger partial charge in [-0.1, -0.05) is 35.9 Å². The number of benzene rings is 2. The smallest absolute Gasteiger partial charge is 0.322 e. The molecule has 7 nitrogen and oxygen atoms in total. The van der Waals surface area contributed by atoms with Gasteiger partial charge in [0.2, 0.25) is 0 Å². The molecule has 2 amide bonds. The van der Waals surface area contributed by atoms with E-state index < -0.39 is 0 Å². The molecule has 2 aliphatic rings. The molecule has 0 atom stereocenters. The lowest BCUT2D eigenvalue weighted by Gasteiger charge is -2.39. The monoisotopic (exact) mass is 573 g/mol. The number of halogens is 1. The fraction of sp³-hybridized carbons (Fsp3) is 0.323. The first-order valence-corrected chi connectivity index (χ1v) is 14.7. The van der Waals surface area contributed by atoms with Gasteiger partial charge in [-0.2, -0.15) is 0 Å². The minimum atomic E-state index is -0.108. The van der Waals surface area contributed by atoms with Gasteiger partial charge in [-0.25, -0.2) is 14.8 Å². The number of likely N-dealkylation sites (tertiary alicyclic amines) is 1. The Hall–Kier alpha value is -3.46. The second-order valence-corrected chi connectivity index (χ2v) is 12.1. The van der Waals surface area contributed by atoms with Crippen molar-refractivity contribution in [1.82, 2.24) is 20.2 Å². The number of nitrogens with one attached hydrogen (secondary N) is 1. The van der Waals surface area contributed by atoms with E-state index in [-0.39, 0.29) is 11.4 Å². The minimum Gasteiger partial charge on any atom is -0.497 e. The predicted octanol–water partition coefficient (Wildman–Crippen LogP) is 6.44. The van der Waals surface area contributed by atoms with Crippen LogP contribution < -0.4 is 15.0 Å². The first-order valence-electron chi connectivity index (χ1n) is 13.5. The van der Waals surface area contributed by atoms with E-state index >= 15 is 0 Å². The maximum Gasteiger partial charge on any atom is 0.322 e. The van der Waals surface area contributed by atoms with Gasteiger partial charge in [-0.05, 0) is 80.4 Å². The summed E-state index contributed by atoms with van der Waals surface area (Å²) in [5.74, 6) is 0.865. The van der Waals surface area contributed by atoms with Crippen LogP contribution in [-0.2, 0) is 12.0 Å². The van der Waals surface area contributed by atoms with Crippen LogP contribution in [0.15, 0.2) is 60.8 Å². The number of carbonyl (C=O) groups excluding carboxylic acids is 1. The van der Waals surface area contributed by atoms with Crippen LogP contribution >= 0.6 is 22.9 Å². The first kappa shape index (κ1) is 26.7. The van der Waals surface area contributed by atoms with Gasteiger partial charge in [0, 0.05) is 36.8 Å². The van der Waals surface area contributed by atoms with E-state index in [4.69, 9.17) is 21.3 Å². The van der Waals surface area contributed by atoms with Crippen LogP contribution in [0.3, 0.4) is 0 Å². The van der Waals surface area contributed by atoms with Crippen molar-refractivity contribution in [1.29, 1.82) is 0 Å². The first-order chi connectivity index (χ1) is 19.4. The van der Waals surface area contributed by atoms with Crippen molar-refractivity contribution in [3.63, 3.8) is 0 Å². The molecule has 0 saturated carbocycles. The van der Waals surface area contributed by atoms with Gasteiger partial charge >= 0.3 is 6.03 Å².